The molecule has 16 heteroatoms. The number of nitrogens with one attached hydrogen (secondary N) is 4. The first-order valence-electron chi connectivity index (χ1n) is 13.2. The maximum absolute atomic E-state index is 9.81. The zero-order valence-corrected chi connectivity index (χ0v) is 24.0. The van der Waals surface area contributed by atoms with Gasteiger partial charge in [-0.15, -0.1) is 0 Å². The van der Waals surface area contributed by atoms with Gasteiger partial charge in [-0.05, 0) is 38.8 Å². The van der Waals surface area contributed by atoms with Gasteiger partial charge in [0.2, 0.25) is 0 Å². The summed E-state index contributed by atoms with van der Waals surface area (Å²) in [6.07, 6.45) is 2.59. The molecule has 37 heavy (non-hydrogen) atoms. The Morgan fingerprint density at radius 1 is 0.486 bits per heavy atom. The summed E-state index contributed by atoms with van der Waals surface area (Å²) in [6.45, 7) is 6.69. The fraction of sp³-hybridized carbons (Fsp3) is 1.00. The van der Waals surface area contributed by atoms with Crippen LogP contribution >= 0.6 is 0 Å². The summed E-state index contributed by atoms with van der Waals surface area (Å²) in [5.41, 5.74) is 0. The van der Waals surface area contributed by atoms with Crippen LogP contribution in [0.15, 0.2) is 0 Å². The minimum absolute atomic E-state index is 0.0642. The first-order valence-corrected chi connectivity index (χ1v) is 17.3. The van der Waals surface area contributed by atoms with Gasteiger partial charge < -0.3 is 69.7 Å². The molecular weight excluding hydrogens is 524 g/mol. The second-order valence-electron chi connectivity index (χ2n) is 9.18. The summed E-state index contributed by atoms with van der Waals surface area (Å²) in [4.78, 5) is 53.3. The second-order valence-corrected chi connectivity index (χ2v) is 13.3. The number of hydrogen-bond acceptors (Lipinski definition) is 14. The Kier molecular flexibility index (Phi) is 23.7. The molecule has 0 saturated heterocycles. The van der Waals surface area contributed by atoms with E-state index in [0.717, 1.165) is 58.5 Å². The largest absolute Gasteiger partial charge is 0.492 e. The highest BCUT2D eigenvalue weighted by Crippen LogP contribution is 2.02. The molecule has 0 saturated carbocycles. The molecule has 0 amide bonds. The van der Waals surface area contributed by atoms with E-state index in [4.69, 9.17) is 38.2 Å². The van der Waals surface area contributed by atoms with Crippen LogP contribution in [0.4, 0.5) is 0 Å². The van der Waals surface area contributed by atoms with Crippen LogP contribution in [0.2, 0.25) is 12.1 Å². The Labute approximate surface area is 222 Å². The number of ether oxygens (including phenoxy) is 2. The summed E-state index contributed by atoms with van der Waals surface area (Å²) in [7, 11) is -7.98. The molecule has 0 aliphatic heterocycles. The van der Waals surface area contributed by atoms with Gasteiger partial charge in [-0.3, -0.25) is 0 Å². The fourth-order valence-electron chi connectivity index (χ4n) is 3.20. The van der Waals surface area contributed by atoms with Gasteiger partial charge in [-0.1, -0.05) is 6.42 Å². The molecule has 2 atom stereocenters. The Hall–Kier alpha value is -0.126. The van der Waals surface area contributed by atoms with Crippen molar-refractivity contribution in [3.8, 4) is 0 Å². The van der Waals surface area contributed by atoms with E-state index in [9.17, 15) is 10.2 Å². The van der Waals surface area contributed by atoms with Crippen LogP contribution in [0.3, 0.4) is 0 Å². The highest BCUT2D eigenvalue weighted by molar-refractivity contribution is 6.56. The summed E-state index contributed by atoms with van der Waals surface area (Å²) in [5, 5.41) is 32.6. The number of aliphatic hydroxyl groups excluding tert-OH is 2. The Bertz CT molecular complexity index is 463. The lowest BCUT2D eigenvalue weighted by atomic mass is 10.2. The zero-order valence-electron chi connectivity index (χ0n) is 22.0. The van der Waals surface area contributed by atoms with Crippen LogP contribution in [-0.2, 0) is 9.47 Å². The predicted octanol–water partition coefficient (Wildman–Crippen LogP) is -4.12. The highest BCUT2D eigenvalue weighted by atomic mass is 28.4. The minimum Gasteiger partial charge on any atom is -0.390 e. The molecule has 0 aromatic carbocycles. The molecule has 0 spiro atoms. The van der Waals surface area contributed by atoms with Gasteiger partial charge in [0.1, 0.15) is 0 Å². The van der Waals surface area contributed by atoms with Crippen molar-refractivity contribution < 1.29 is 48.5 Å². The number of rotatable bonds is 28. The molecule has 14 nitrogen and oxygen atoms in total. The third-order valence-corrected chi connectivity index (χ3v) is 7.20. The zero-order chi connectivity index (χ0) is 27.8. The van der Waals surface area contributed by atoms with Crippen LogP contribution in [0.25, 0.3) is 0 Å². The van der Waals surface area contributed by atoms with Gasteiger partial charge in [0.25, 0.3) is 0 Å². The Morgan fingerprint density at radius 2 is 0.865 bits per heavy atom. The van der Waals surface area contributed by atoms with Crippen LogP contribution in [0.1, 0.15) is 32.1 Å². The molecule has 2 unspecified atom stereocenters. The van der Waals surface area contributed by atoms with Crippen molar-refractivity contribution in [2.75, 3.05) is 78.8 Å². The highest BCUT2D eigenvalue weighted by Gasteiger charge is 2.26. The topological polar surface area (TPSA) is 228 Å². The average Bonchev–Trinajstić information content (AvgIpc) is 2.79. The molecule has 0 aromatic heterocycles. The minimum atomic E-state index is -3.99. The van der Waals surface area contributed by atoms with Crippen molar-refractivity contribution >= 4 is 17.6 Å². The molecule has 0 bridgehead atoms. The first kappa shape index (κ1) is 36.9. The van der Waals surface area contributed by atoms with E-state index in [1.54, 1.807) is 0 Å². The number of hydrogen-bond donors (Lipinski definition) is 12. The smallest absolute Gasteiger partial charge is 0.390 e. The second kappa shape index (κ2) is 23.7. The van der Waals surface area contributed by atoms with Crippen molar-refractivity contribution in [1.29, 1.82) is 0 Å². The molecule has 0 heterocycles. The molecule has 224 valence electrons. The Morgan fingerprint density at radius 3 is 1.32 bits per heavy atom. The van der Waals surface area contributed by atoms with E-state index in [1.807, 2.05) is 0 Å². The predicted molar refractivity (Wildman–Crippen MR) is 143 cm³/mol. The average molecular weight is 577 g/mol. The van der Waals surface area contributed by atoms with Gasteiger partial charge in [-0.25, -0.2) is 0 Å². The van der Waals surface area contributed by atoms with E-state index in [2.05, 4.69) is 21.3 Å². The Balaban J connectivity index is 3.25. The van der Waals surface area contributed by atoms with Gasteiger partial charge in [0, 0.05) is 64.6 Å². The summed E-state index contributed by atoms with van der Waals surface area (Å²) < 4.78 is 10.5. The maximum Gasteiger partial charge on any atom is 0.492 e. The van der Waals surface area contributed by atoms with Crippen molar-refractivity contribution in [3.05, 3.63) is 0 Å². The molecular formula is C21H52N4O10Si2. The third kappa shape index (κ3) is 32.0. The SMILES string of the molecule is OC(CNCCCCCNCCNCCNCC(O)COCCC[Si](O)(O)O)COCCC[Si](O)(O)O. The van der Waals surface area contributed by atoms with E-state index in [0.29, 0.717) is 25.9 Å². The summed E-state index contributed by atoms with van der Waals surface area (Å²) in [5.74, 6) is 0. The molecule has 0 aliphatic carbocycles. The van der Waals surface area contributed by atoms with Crippen LogP contribution in [0.5, 0.6) is 0 Å². The van der Waals surface area contributed by atoms with Crippen LogP contribution in [0, 0.1) is 0 Å². The lowest BCUT2D eigenvalue weighted by Gasteiger charge is -2.13. The molecule has 12 N–H and O–H groups in total. The lowest BCUT2D eigenvalue weighted by molar-refractivity contribution is 0.0363. The van der Waals surface area contributed by atoms with Gasteiger partial charge in [-0.2, -0.15) is 0 Å². The first-order chi connectivity index (χ1) is 17.5. The van der Waals surface area contributed by atoms with E-state index >= 15 is 0 Å². The molecule has 0 fully saturated rings. The molecule has 0 rings (SSSR count). The van der Waals surface area contributed by atoms with Crippen molar-refractivity contribution in [2.45, 2.75) is 56.4 Å². The van der Waals surface area contributed by atoms with E-state index < -0.39 is 29.8 Å². The number of unbranched alkanes of at least 4 members (excludes halogenated alkanes) is 2. The molecule has 0 aromatic rings. The molecule has 0 aliphatic rings. The third-order valence-electron chi connectivity index (χ3n) is 5.15. The van der Waals surface area contributed by atoms with Gasteiger partial charge in [0.05, 0.1) is 25.4 Å². The van der Waals surface area contributed by atoms with Gasteiger partial charge >= 0.3 is 17.6 Å². The maximum atomic E-state index is 9.81. The van der Waals surface area contributed by atoms with Gasteiger partial charge in [0.15, 0.2) is 0 Å². The molecule has 0 radical (unpaired) electrons. The quantitative estimate of drug-likeness (QED) is 0.0314. The van der Waals surface area contributed by atoms with E-state index in [1.165, 1.54) is 0 Å². The standard InChI is InChI=1S/C21H52N4O10Si2/c26-20(18-34-12-4-14-36(28,29)30)16-24-7-3-1-2-6-22-8-9-23-10-11-25-17-21(27)19-35-13-5-15-37(31,32)33/h20-33H,1-19H2. The number of aliphatic hydroxyl groups is 2. The monoisotopic (exact) mass is 576 g/mol. The normalized spacial score (nSPS) is 14.3. The van der Waals surface area contributed by atoms with Crippen LogP contribution < -0.4 is 21.3 Å². The fourth-order valence-corrected chi connectivity index (χ4v) is 4.43. The van der Waals surface area contributed by atoms with Crippen LogP contribution in [-0.4, -0.2) is 148 Å². The van der Waals surface area contributed by atoms with Crippen molar-refractivity contribution in [2.24, 2.45) is 0 Å². The summed E-state index contributed by atoms with van der Waals surface area (Å²) in [6, 6.07) is -0.133. The van der Waals surface area contributed by atoms with Crippen molar-refractivity contribution in [1.82, 2.24) is 21.3 Å². The van der Waals surface area contributed by atoms with Crippen molar-refractivity contribution in [3.63, 3.8) is 0 Å². The summed E-state index contributed by atoms with van der Waals surface area (Å²) >= 11 is 0. The lowest BCUT2D eigenvalue weighted by Crippen LogP contribution is -2.37. The van der Waals surface area contributed by atoms with E-state index in [-0.39, 0.29) is 38.5 Å².